The predicted molar refractivity (Wildman–Crippen MR) is 82.8 cm³/mol. The highest BCUT2D eigenvalue weighted by molar-refractivity contribution is 5.79. The molecular weight excluding hydrogens is 266 g/mol. The smallest absolute Gasteiger partial charge is 0.236 e. The van der Waals surface area contributed by atoms with E-state index in [-0.39, 0.29) is 11.4 Å². The van der Waals surface area contributed by atoms with Crippen LogP contribution < -0.4 is 10.6 Å². The third-order valence-corrected chi connectivity index (χ3v) is 5.08. The van der Waals surface area contributed by atoms with Crippen LogP contribution in [-0.4, -0.2) is 48.4 Å². The van der Waals surface area contributed by atoms with Crippen molar-refractivity contribution in [2.75, 3.05) is 19.6 Å². The molecule has 2 amide bonds. The van der Waals surface area contributed by atoms with Crippen molar-refractivity contribution in [1.29, 1.82) is 0 Å². The topological polar surface area (TPSA) is 61.4 Å². The zero-order chi connectivity index (χ0) is 15.3. The van der Waals surface area contributed by atoms with E-state index in [1.54, 1.807) is 0 Å². The summed E-state index contributed by atoms with van der Waals surface area (Å²) in [6.45, 7) is 6.46. The number of rotatable bonds is 6. The fourth-order valence-electron chi connectivity index (χ4n) is 3.68. The van der Waals surface area contributed by atoms with E-state index in [4.69, 9.17) is 0 Å². The van der Waals surface area contributed by atoms with Crippen LogP contribution in [0.3, 0.4) is 0 Å². The number of carbonyl (C=O) groups is 2. The number of hydrogen-bond acceptors (Lipinski definition) is 3. The van der Waals surface area contributed by atoms with Crippen LogP contribution in [0.15, 0.2) is 0 Å². The average molecular weight is 295 g/mol. The van der Waals surface area contributed by atoms with Gasteiger partial charge >= 0.3 is 0 Å². The van der Waals surface area contributed by atoms with Crippen molar-refractivity contribution in [1.82, 2.24) is 15.5 Å². The Morgan fingerprint density at radius 1 is 1.29 bits per heavy atom. The minimum absolute atomic E-state index is 0.0247. The van der Waals surface area contributed by atoms with E-state index in [1.807, 2.05) is 4.90 Å². The summed E-state index contributed by atoms with van der Waals surface area (Å²) in [4.78, 5) is 24.7. The summed E-state index contributed by atoms with van der Waals surface area (Å²) in [5.41, 5.74) is 0.0247. The number of nitrogens with one attached hydrogen (secondary N) is 2. The van der Waals surface area contributed by atoms with Gasteiger partial charge in [-0.2, -0.15) is 0 Å². The fraction of sp³-hybridized carbons (Fsp3) is 0.875. The molecule has 1 aliphatic carbocycles. The lowest BCUT2D eigenvalue weighted by atomic mass is 9.86. The lowest BCUT2D eigenvalue weighted by Gasteiger charge is -2.33. The molecule has 5 heteroatoms. The third-order valence-electron chi connectivity index (χ3n) is 5.08. The van der Waals surface area contributed by atoms with Gasteiger partial charge in [-0.1, -0.05) is 0 Å². The Labute approximate surface area is 127 Å². The highest BCUT2D eigenvalue weighted by Crippen LogP contribution is 2.28. The van der Waals surface area contributed by atoms with Gasteiger partial charge in [-0.15, -0.1) is 0 Å². The van der Waals surface area contributed by atoms with Gasteiger partial charge in [0.2, 0.25) is 12.3 Å². The Morgan fingerprint density at radius 2 is 2.00 bits per heavy atom. The van der Waals surface area contributed by atoms with Gasteiger partial charge in [0.1, 0.15) is 0 Å². The second-order valence-electron chi connectivity index (χ2n) is 7.09. The van der Waals surface area contributed by atoms with E-state index in [0.717, 1.165) is 58.0 Å². The molecule has 0 aromatic heterocycles. The van der Waals surface area contributed by atoms with E-state index in [1.165, 1.54) is 0 Å². The molecule has 0 spiro atoms. The number of likely N-dealkylation sites (tertiary alicyclic amines) is 1. The minimum atomic E-state index is 0.0247. The largest absolute Gasteiger partial charge is 0.358 e. The molecule has 0 bridgehead atoms. The molecule has 120 valence electrons. The van der Waals surface area contributed by atoms with Crippen LogP contribution >= 0.6 is 0 Å². The zero-order valence-electron chi connectivity index (χ0n) is 13.4. The maximum absolute atomic E-state index is 12.3. The van der Waals surface area contributed by atoms with Gasteiger partial charge in [-0.05, 0) is 58.3 Å². The van der Waals surface area contributed by atoms with Crippen LogP contribution in [0, 0.1) is 5.92 Å². The van der Waals surface area contributed by atoms with Crippen LogP contribution in [0.1, 0.15) is 52.4 Å². The van der Waals surface area contributed by atoms with Crippen LogP contribution in [0.4, 0.5) is 0 Å². The molecule has 1 aliphatic heterocycles. The Hall–Kier alpha value is -1.10. The molecule has 1 saturated carbocycles. The molecule has 0 radical (unpaired) electrons. The van der Waals surface area contributed by atoms with E-state index < -0.39 is 0 Å². The van der Waals surface area contributed by atoms with Crippen molar-refractivity contribution in [3.63, 3.8) is 0 Å². The second-order valence-corrected chi connectivity index (χ2v) is 7.09. The number of carbonyl (C=O) groups excluding carboxylic acids is 2. The number of nitrogens with zero attached hydrogens (tertiary/aromatic N) is 1. The Balaban J connectivity index is 1.67. The first kappa shape index (κ1) is 16.3. The van der Waals surface area contributed by atoms with Gasteiger partial charge in [-0.25, -0.2) is 0 Å². The highest BCUT2D eigenvalue weighted by atomic mass is 16.2. The maximum atomic E-state index is 12.3. The minimum Gasteiger partial charge on any atom is -0.358 e. The summed E-state index contributed by atoms with van der Waals surface area (Å²) in [7, 11) is 0. The molecule has 2 fully saturated rings. The summed E-state index contributed by atoms with van der Waals surface area (Å²) in [6.07, 6.45) is 7.45. The molecule has 0 aromatic carbocycles. The molecule has 5 nitrogen and oxygen atoms in total. The summed E-state index contributed by atoms with van der Waals surface area (Å²) in [6, 6.07) is 0.451. The van der Waals surface area contributed by atoms with E-state index in [0.29, 0.717) is 18.5 Å². The summed E-state index contributed by atoms with van der Waals surface area (Å²) in [5, 5.41) is 6.20. The van der Waals surface area contributed by atoms with Crippen molar-refractivity contribution in [3.05, 3.63) is 0 Å². The predicted octanol–water partition coefficient (Wildman–Crippen LogP) is 1.28. The van der Waals surface area contributed by atoms with Gasteiger partial charge in [0.15, 0.2) is 0 Å². The Kier molecular flexibility index (Phi) is 5.62. The van der Waals surface area contributed by atoms with E-state index >= 15 is 0 Å². The summed E-state index contributed by atoms with van der Waals surface area (Å²) in [5.74, 6) is 0.837. The summed E-state index contributed by atoms with van der Waals surface area (Å²) < 4.78 is 0. The SMILES string of the molecule is CC1(C)CCCN1C(=O)CNC1CCC(CNC=O)CC1. The van der Waals surface area contributed by atoms with Crippen molar-refractivity contribution in [2.24, 2.45) is 5.92 Å². The molecule has 2 rings (SSSR count). The van der Waals surface area contributed by atoms with Crippen LogP contribution in [-0.2, 0) is 9.59 Å². The van der Waals surface area contributed by atoms with Crippen LogP contribution in [0.2, 0.25) is 0 Å². The molecule has 1 heterocycles. The van der Waals surface area contributed by atoms with Gasteiger partial charge in [0, 0.05) is 24.7 Å². The first-order chi connectivity index (χ1) is 10.0. The molecule has 1 saturated heterocycles. The van der Waals surface area contributed by atoms with E-state index in [9.17, 15) is 9.59 Å². The standard InChI is InChI=1S/C16H29N3O2/c1-16(2)8-3-9-19(16)15(21)11-18-14-6-4-13(5-7-14)10-17-12-20/h12-14,18H,3-11H2,1-2H3,(H,17,20). The number of hydrogen-bond donors (Lipinski definition) is 2. The number of amides is 2. The molecule has 21 heavy (non-hydrogen) atoms. The van der Waals surface area contributed by atoms with Gasteiger partial charge < -0.3 is 15.5 Å². The quantitative estimate of drug-likeness (QED) is 0.726. The van der Waals surface area contributed by atoms with Gasteiger partial charge in [-0.3, -0.25) is 9.59 Å². The maximum Gasteiger partial charge on any atom is 0.236 e. The van der Waals surface area contributed by atoms with Crippen LogP contribution in [0.25, 0.3) is 0 Å². The Bertz CT molecular complexity index is 363. The molecule has 2 aliphatic rings. The van der Waals surface area contributed by atoms with Gasteiger partial charge in [0.05, 0.1) is 6.54 Å². The Morgan fingerprint density at radius 3 is 2.57 bits per heavy atom. The monoisotopic (exact) mass is 295 g/mol. The highest BCUT2D eigenvalue weighted by Gasteiger charge is 2.35. The van der Waals surface area contributed by atoms with Crippen molar-refractivity contribution >= 4 is 12.3 Å². The average Bonchev–Trinajstić information content (AvgIpc) is 2.83. The molecule has 0 aromatic rings. The summed E-state index contributed by atoms with van der Waals surface area (Å²) >= 11 is 0. The fourth-order valence-corrected chi connectivity index (χ4v) is 3.68. The normalized spacial score (nSPS) is 28.4. The second kappa shape index (κ2) is 7.25. The lowest BCUT2D eigenvalue weighted by Crippen LogP contribution is -2.48. The van der Waals surface area contributed by atoms with Crippen molar-refractivity contribution in [3.8, 4) is 0 Å². The molecule has 2 N–H and O–H groups in total. The first-order valence-corrected chi connectivity index (χ1v) is 8.24. The first-order valence-electron chi connectivity index (χ1n) is 8.24. The molecular formula is C16H29N3O2. The zero-order valence-corrected chi connectivity index (χ0v) is 13.4. The van der Waals surface area contributed by atoms with Crippen molar-refractivity contribution in [2.45, 2.75) is 64.0 Å². The molecule has 0 atom stereocenters. The third kappa shape index (κ3) is 4.43. The van der Waals surface area contributed by atoms with Gasteiger partial charge in [0.25, 0.3) is 0 Å². The van der Waals surface area contributed by atoms with E-state index in [2.05, 4.69) is 24.5 Å². The molecule has 0 unspecified atom stereocenters. The van der Waals surface area contributed by atoms with Crippen LogP contribution in [0.5, 0.6) is 0 Å². The van der Waals surface area contributed by atoms with Crippen molar-refractivity contribution < 1.29 is 9.59 Å². The lowest BCUT2D eigenvalue weighted by molar-refractivity contribution is -0.133.